The molecule has 1 heterocycles. The zero-order valence-corrected chi connectivity index (χ0v) is 13.0. The summed E-state index contributed by atoms with van der Waals surface area (Å²) in [4.78, 5) is 13.8. The van der Waals surface area contributed by atoms with E-state index < -0.39 is 0 Å². The Bertz CT molecular complexity index is 666. The molecule has 0 aliphatic carbocycles. The molecule has 1 atom stereocenters. The highest BCUT2D eigenvalue weighted by molar-refractivity contribution is 5.76. The van der Waals surface area contributed by atoms with Crippen LogP contribution in [0.1, 0.15) is 41.6 Å². The Hall–Kier alpha value is -2.13. The second kappa shape index (κ2) is 6.32. The fourth-order valence-electron chi connectivity index (χ4n) is 3.03. The van der Waals surface area contributed by atoms with E-state index in [1.807, 2.05) is 30.0 Å². The first kappa shape index (κ1) is 14.8. The molecule has 2 N–H and O–H groups in total. The van der Waals surface area contributed by atoms with Gasteiger partial charge in [-0.05, 0) is 28.7 Å². The first-order chi connectivity index (χ1) is 10.7. The number of carbonyl (C=O) groups excluding carboxylic acids is 1. The minimum atomic E-state index is -0.0105. The Balaban J connectivity index is 1.74. The Morgan fingerprint density at radius 1 is 1.14 bits per heavy atom. The smallest absolute Gasteiger partial charge is 0.222 e. The molecule has 0 saturated carbocycles. The van der Waals surface area contributed by atoms with Gasteiger partial charge < -0.3 is 10.6 Å². The van der Waals surface area contributed by atoms with Crippen LogP contribution >= 0.6 is 0 Å². The summed E-state index contributed by atoms with van der Waals surface area (Å²) in [7, 11) is 0. The molecule has 0 bridgehead atoms. The minimum absolute atomic E-state index is 0.0105. The van der Waals surface area contributed by atoms with Crippen LogP contribution in [-0.4, -0.2) is 10.8 Å². The molecule has 0 fully saturated rings. The van der Waals surface area contributed by atoms with Crippen LogP contribution in [-0.2, 0) is 24.3 Å². The van der Waals surface area contributed by atoms with E-state index in [1.54, 1.807) is 0 Å². The Kier molecular flexibility index (Phi) is 4.25. The maximum Gasteiger partial charge on any atom is 0.222 e. The van der Waals surface area contributed by atoms with Crippen molar-refractivity contribution in [2.24, 2.45) is 5.73 Å². The molecule has 3 heteroatoms. The predicted octanol–water partition coefficient (Wildman–Crippen LogP) is 3.18. The molecule has 0 aromatic heterocycles. The molecule has 2 aromatic rings. The molecule has 1 aliphatic heterocycles. The number of rotatable bonds is 4. The maximum atomic E-state index is 11.8. The summed E-state index contributed by atoms with van der Waals surface area (Å²) in [5.74, 6) is 0.214. The lowest BCUT2D eigenvalue weighted by atomic mass is 9.97. The molecule has 3 nitrogen and oxygen atoms in total. The largest absolute Gasteiger partial charge is 0.334 e. The van der Waals surface area contributed by atoms with Crippen molar-refractivity contribution >= 4 is 5.91 Å². The first-order valence-electron chi connectivity index (χ1n) is 7.86. The van der Waals surface area contributed by atoms with Crippen molar-refractivity contribution in [2.75, 3.05) is 0 Å². The van der Waals surface area contributed by atoms with Gasteiger partial charge in [-0.2, -0.15) is 0 Å². The average Bonchev–Trinajstić information content (AvgIpc) is 2.98. The van der Waals surface area contributed by atoms with Gasteiger partial charge in [0.25, 0.3) is 0 Å². The van der Waals surface area contributed by atoms with Gasteiger partial charge in [-0.1, -0.05) is 55.5 Å². The zero-order chi connectivity index (χ0) is 15.5. The van der Waals surface area contributed by atoms with Gasteiger partial charge in [0.1, 0.15) is 0 Å². The van der Waals surface area contributed by atoms with E-state index >= 15 is 0 Å². The number of hydrogen-bond acceptors (Lipinski definition) is 2. The quantitative estimate of drug-likeness (QED) is 0.941. The SMILES string of the molecule is CCC(=O)N1Cc2ccc(C(N)Cc3ccccc3)cc2C1. The maximum absolute atomic E-state index is 11.8. The van der Waals surface area contributed by atoms with Crippen molar-refractivity contribution in [3.05, 3.63) is 70.8 Å². The van der Waals surface area contributed by atoms with E-state index in [1.165, 1.54) is 16.7 Å². The van der Waals surface area contributed by atoms with Crippen LogP contribution in [0.2, 0.25) is 0 Å². The molecule has 1 aliphatic rings. The fraction of sp³-hybridized carbons (Fsp3) is 0.316. The van der Waals surface area contributed by atoms with Crippen molar-refractivity contribution < 1.29 is 4.79 Å². The summed E-state index contributed by atoms with van der Waals surface area (Å²) < 4.78 is 0. The van der Waals surface area contributed by atoms with E-state index in [2.05, 4.69) is 30.3 Å². The lowest BCUT2D eigenvalue weighted by Gasteiger charge is -2.14. The van der Waals surface area contributed by atoms with Crippen LogP contribution in [0.5, 0.6) is 0 Å². The molecular formula is C19H22N2O. The summed E-state index contributed by atoms with van der Waals surface area (Å²) in [5.41, 5.74) is 11.2. The van der Waals surface area contributed by atoms with E-state index in [0.29, 0.717) is 13.0 Å². The zero-order valence-electron chi connectivity index (χ0n) is 13.0. The average molecular weight is 294 g/mol. The molecule has 114 valence electrons. The van der Waals surface area contributed by atoms with Crippen molar-refractivity contribution in [1.82, 2.24) is 4.90 Å². The van der Waals surface area contributed by atoms with Gasteiger partial charge in [-0.15, -0.1) is 0 Å². The third kappa shape index (κ3) is 3.04. The Morgan fingerprint density at radius 3 is 2.59 bits per heavy atom. The number of fused-ring (bicyclic) bond motifs is 1. The van der Waals surface area contributed by atoms with Crippen molar-refractivity contribution in [2.45, 2.75) is 38.9 Å². The van der Waals surface area contributed by atoms with Crippen LogP contribution in [0.25, 0.3) is 0 Å². The van der Waals surface area contributed by atoms with Gasteiger partial charge in [0.15, 0.2) is 0 Å². The number of nitrogens with two attached hydrogens (primary N) is 1. The number of nitrogens with zero attached hydrogens (tertiary/aromatic N) is 1. The second-order valence-corrected chi connectivity index (χ2v) is 5.93. The van der Waals surface area contributed by atoms with Crippen LogP contribution in [0.15, 0.2) is 48.5 Å². The molecule has 22 heavy (non-hydrogen) atoms. The number of carbonyl (C=O) groups is 1. The summed E-state index contributed by atoms with van der Waals surface area (Å²) in [6.07, 6.45) is 1.39. The fourth-order valence-corrected chi connectivity index (χ4v) is 3.03. The number of benzene rings is 2. The lowest BCUT2D eigenvalue weighted by Crippen LogP contribution is -2.24. The van der Waals surface area contributed by atoms with E-state index in [-0.39, 0.29) is 11.9 Å². The molecule has 0 spiro atoms. The van der Waals surface area contributed by atoms with Gasteiger partial charge in [0.2, 0.25) is 5.91 Å². The van der Waals surface area contributed by atoms with E-state index in [0.717, 1.165) is 18.5 Å². The molecule has 0 radical (unpaired) electrons. The van der Waals surface area contributed by atoms with Crippen molar-refractivity contribution in [3.8, 4) is 0 Å². The third-order valence-electron chi connectivity index (χ3n) is 4.33. The summed E-state index contributed by atoms with van der Waals surface area (Å²) in [6.45, 7) is 3.36. The van der Waals surface area contributed by atoms with Gasteiger partial charge >= 0.3 is 0 Å². The highest BCUT2D eigenvalue weighted by Gasteiger charge is 2.23. The van der Waals surface area contributed by atoms with Gasteiger partial charge in [0.05, 0.1) is 0 Å². The topological polar surface area (TPSA) is 46.3 Å². The molecule has 2 aromatic carbocycles. The summed E-state index contributed by atoms with van der Waals surface area (Å²) >= 11 is 0. The highest BCUT2D eigenvalue weighted by Crippen LogP contribution is 2.27. The summed E-state index contributed by atoms with van der Waals surface area (Å²) in [5, 5.41) is 0. The van der Waals surface area contributed by atoms with Crippen LogP contribution in [0.4, 0.5) is 0 Å². The van der Waals surface area contributed by atoms with Crippen LogP contribution in [0.3, 0.4) is 0 Å². The molecule has 1 unspecified atom stereocenters. The van der Waals surface area contributed by atoms with Crippen LogP contribution in [0, 0.1) is 0 Å². The Labute approximate surface area is 131 Å². The Morgan fingerprint density at radius 2 is 1.86 bits per heavy atom. The number of amides is 1. The lowest BCUT2D eigenvalue weighted by molar-refractivity contribution is -0.131. The predicted molar refractivity (Wildman–Crippen MR) is 88.1 cm³/mol. The third-order valence-corrected chi connectivity index (χ3v) is 4.33. The normalized spacial score (nSPS) is 14.7. The molecule has 1 amide bonds. The van der Waals surface area contributed by atoms with E-state index in [9.17, 15) is 4.79 Å². The van der Waals surface area contributed by atoms with Gasteiger partial charge in [-0.3, -0.25) is 4.79 Å². The van der Waals surface area contributed by atoms with Gasteiger partial charge in [0, 0.05) is 25.6 Å². The standard InChI is InChI=1S/C19H22N2O/c1-2-19(22)21-12-16-9-8-15(11-17(16)13-21)18(20)10-14-6-4-3-5-7-14/h3-9,11,18H,2,10,12-13,20H2,1H3. The van der Waals surface area contributed by atoms with Crippen molar-refractivity contribution in [3.63, 3.8) is 0 Å². The number of hydrogen-bond donors (Lipinski definition) is 1. The van der Waals surface area contributed by atoms with Gasteiger partial charge in [-0.25, -0.2) is 0 Å². The van der Waals surface area contributed by atoms with Crippen LogP contribution < -0.4 is 5.73 Å². The molecular weight excluding hydrogens is 272 g/mol. The highest BCUT2D eigenvalue weighted by atomic mass is 16.2. The first-order valence-corrected chi connectivity index (χ1v) is 7.86. The minimum Gasteiger partial charge on any atom is -0.334 e. The second-order valence-electron chi connectivity index (χ2n) is 5.93. The monoisotopic (exact) mass is 294 g/mol. The summed E-state index contributed by atoms with van der Waals surface area (Å²) in [6, 6.07) is 16.7. The van der Waals surface area contributed by atoms with E-state index in [4.69, 9.17) is 5.73 Å². The molecule has 3 rings (SSSR count). The van der Waals surface area contributed by atoms with Crippen molar-refractivity contribution in [1.29, 1.82) is 0 Å². The molecule has 0 saturated heterocycles.